The van der Waals surface area contributed by atoms with E-state index in [1.807, 2.05) is 41.2 Å². The fraction of sp³-hybridized carbons (Fsp3) is 0.143. The van der Waals surface area contributed by atoms with E-state index < -0.39 is 0 Å². The Morgan fingerprint density at radius 2 is 1.85 bits per heavy atom. The first-order chi connectivity index (χ1) is 12.7. The van der Waals surface area contributed by atoms with Crippen LogP contribution in [-0.2, 0) is 13.1 Å². The molecular formula is C21H20N4O. The first kappa shape index (κ1) is 16.3. The van der Waals surface area contributed by atoms with Crippen molar-refractivity contribution in [3.8, 4) is 5.69 Å². The SMILES string of the molecule is CN(Cc1ccc(-n2cccn2)cc1)Cc1cc(=O)c2ccccc2[nH]1. The van der Waals surface area contributed by atoms with Gasteiger partial charge in [0.1, 0.15) is 0 Å². The Bertz CT molecular complexity index is 1070. The average Bonchev–Trinajstić information content (AvgIpc) is 3.17. The molecule has 4 rings (SSSR count). The maximum Gasteiger partial charge on any atom is 0.189 e. The number of nitrogens with one attached hydrogen (secondary N) is 1. The van der Waals surface area contributed by atoms with Crippen LogP contribution in [0.4, 0.5) is 0 Å². The molecule has 0 radical (unpaired) electrons. The van der Waals surface area contributed by atoms with Gasteiger partial charge in [-0.15, -0.1) is 0 Å². The van der Waals surface area contributed by atoms with E-state index in [4.69, 9.17) is 0 Å². The molecule has 1 N–H and O–H groups in total. The Hall–Kier alpha value is -3.18. The van der Waals surface area contributed by atoms with E-state index in [0.717, 1.165) is 28.8 Å². The molecule has 0 saturated heterocycles. The highest BCUT2D eigenvalue weighted by Gasteiger charge is 2.06. The minimum absolute atomic E-state index is 0.0614. The van der Waals surface area contributed by atoms with Crippen molar-refractivity contribution in [1.29, 1.82) is 0 Å². The van der Waals surface area contributed by atoms with Crippen LogP contribution in [-0.4, -0.2) is 26.7 Å². The van der Waals surface area contributed by atoms with Crippen molar-refractivity contribution in [3.05, 3.63) is 94.5 Å². The van der Waals surface area contributed by atoms with Gasteiger partial charge < -0.3 is 4.98 Å². The summed E-state index contributed by atoms with van der Waals surface area (Å²) in [5.74, 6) is 0. The maximum atomic E-state index is 12.2. The summed E-state index contributed by atoms with van der Waals surface area (Å²) in [6.45, 7) is 1.48. The van der Waals surface area contributed by atoms with Gasteiger partial charge in [0, 0.05) is 48.1 Å². The zero-order valence-corrected chi connectivity index (χ0v) is 14.6. The number of para-hydroxylation sites is 1. The standard InChI is InChI=1S/C21H20N4O/c1-24(14-16-7-9-18(10-8-16)25-12-4-11-22-25)15-17-13-21(26)19-5-2-3-6-20(19)23-17/h2-13H,14-15H2,1H3,(H,23,26). The summed E-state index contributed by atoms with van der Waals surface area (Å²) >= 11 is 0. The molecule has 5 heteroatoms. The number of rotatable bonds is 5. The van der Waals surface area contributed by atoms with Gasteiger partial charge in [0.05, 0.1) is 5.69 Å². The summed E-state index contributed by atoms with van der Waals surface area (Å²) in [7, 11) is 2.05. The highest BCUT2D eigenvalue weighted by molar-refractivity contribution is 5.78. The number of fused-ring (bicyclic) bond motifs is 1. The quantitative estimate of drug-likeness (QED) is 0.604. The third-order valence-electron chi connectivity index (χ3n) is 4.39. The molecular weight excluding hydrogens is 324 g/mol. The molecule has 26 heavy (non-hydrogen) atoms. The fourth-order valence-corrected chi connectivity index (χ4v) is 3.17. The minimum Gasteiger partial charge on any atom is -0.357 e. The maximum absolute atomic E-state index is 12.2. The Morgan fingerprint density at radius 3 is 2.62 bits per heavy atom. The van der Waals surface area contributed by atoms with E-state index in [1.54, 1.807) is 12.3 Å². The number of hydrogen-bond donors (Lipinski definition) is 1. The van der Waals surface area contributed by atoms with E-state index in [1.165, 1.54) is 5.56 Å². The van der Waals surface area contributed by atoms with Crippen molar-refractivity contribution in [1.82, 2.24) is 19.7 Å². The molecule has 0 saturated carbocycles. The molecule has 4 aromatic rings. The van der Waals surface area contributed by atoms with Crippen LogP contribution in [0, 0.1) is 0 Å². The number of pyridine rings is 1. The lowest BCUT2D eigenvalue weighted by molar-refractivity contribution is 0.315. The molecule has 2 heterocycles. The number of aromatic amines is 1. The number of hydrogen-bond acceptors (Lipinski definition) is 3. The van der Waals surface area contributed by atoms with Crippen molar-refractivity contribution in [2.24, 2.45) is 0 Å². The molecule has 130 valence electrons. The van der Waals surface area contributed by atoms with Gasteiger partial charge in [-0.1, -0.05) is 24.3 Å². The summed E-state index contributed by atoms with van der Waals surface area (Å²) < 4.78 is 1.84. The molecule has 0 amide bonds. The Balaban J connectivity index is 1.47. The first-order valence-corrected chi connectivity index (χ1v) is 8.57. The van der Waals surface area contributed by atoms with Gasteiger partial charge in [-0.3, -0.25) is 9.69 Å². The summed E-state index contributed by atoms with van der Waals surface area (Å²) in [6, 6.07) is 19.6. The van der Waals surface area contributed by atoms with E-state index in [-0.39, 0.29) is 5.43 Å². The largest absolute Gasteiger partial charge is 0.357 e. The Labute approximate surface area is 151 Å². The summed E-state index contributed by atoms with van der Waals surface area (Å²) in [6.07, 6.45) is 3.70. The van der Waals surface area contributed by atoms with Gasteiger partial charge in [-0.2, -0.15) is 5.10 Å². The second kappa shape index (κ2) is 6.98. The summed E-state index contributed by atoms with van der Waals surface area (Å²) in [4.78, 5) is 17.8. The van der Waals surface area contributed by atoms with Crippen molar-refractivity contribution >= 4 is 10.9 Å². The van der Waals surface area contributed by atoms with Crippen LogP contribution in [0.25, 0.3) is 16.6 Å². The van der Waals surface area contributed by atoms with Crippen LogP contribution in [0.3, 0.4) is 0 Å². The molecule has 2 aromatic heterocycles. The van der Waals surface area contributed by atoms with E-state index in [0.29, 0.717) is 6.54 Å². The molecule has 0 unspecified atom stereocenters. The lowest BCUT2D eigenvalue weighted by Crippen LogP contribution is -2.19. The minimum atomic E-state index is 0.0614. The molecule has 5 nitrogen and oxygen atoms in total. The topological polar surface area (TPSA) is 53.9 Å². The predicted octanol–water partition coefficient (Wildman–Crippen LogP) is 3.35. The van der Waals surface area contributed by atoms with Crippen LogP contribution in [0.2, 0.25) is 0 Å². The van der Waals surface area contributed by atoms with E-state index >= 15 is 0 Å². The molecule has 0 spiro atoms. The highest BCUT2D eigenvalue weighted by atomic mass is 16.1. The van der Waals surface area contributed by atoms with Gasteiger partial charge in [0.15, 0.2) is 5.43 Å². The molecule has 0 aliphatic heterocycles. The van der Waals surface area contributed by atoms with Crippen molar-refractivity contribution in [3.63, 3.8) is 0 Å². The predicted molar refractivity (Wildman–Crippen MR) is 103 cm³/mol. The van der Waals surface area contributed by atoms with Gasteiger partial charge in [-0.25, -0.2) is 4.68 Å². The third-order valence-corrected chi connectivity index (χ3v) is 4.39. The van der Waals surface area contributed by atoms with Gasteiger partial charge >= 0.3 is 0 Å². The Kier molecular flexibility index (Phi) is 4.37. The number of aromatic nitrogens is 3. The van der Waals surface area contributed by atoms with Crippen LogP contribution >= 0.6 is 0 Å². The first-order valence-electron chi connectivity index (χ1n) is 8.57. The van der Waals surface area contributed by atoms with Crippen molar-refractivity contribution in [2.45, 2.75) is 13.1 Å². The average molecular weight is 344 g/mol. The van der Waals surface area contributed by atoms with E-state index in [2.05, 4.69) is 46.3 Å². The van der Waals surface area contributed by atoms with Crippen LogP contribution in [0.5, 0.6) is 0 Å². The van der Waals surface area contributed by atoms with E-state index in [9.17, 15) is 4.79 Å². The summed E-state index contributed by atoms with van der Waals surface area (Å²) in [5.41, 5.74) is 4.12. The molecule has 0 atom stereocenters. The number of nitrogens with zero attached hydrogens (tertiary/aromatic N) is 3. The molecule has 0 bridgehead atoms. The van der Waals surface area contributed by atoms with Crippen molar-refractivity contribution in [2.75, 3.05) is 7.05 Å². The van der Waals surface area contributed by atoms with Gasteiger partial charge in [0.2, 0.25) is 0 Å². The fourth-order valence-electron chi connectivity index (χ4n) is 3.17. The number of benzene rings is 2. The van der Waals surface area contributed by atoms with Gasteiger partial charge in [-0.05, 0) is 42.9 Å². The smallest absolute Gasteiger partial charge is 0.189 e. The lowest BCUT2D eigenvalue weighted by Gasteiger charge is -2.17. The zero-order chi connectivity index (χ0) is 17.9. The normalized spacial score (nSPS) is 11.3. The number of H-pyrrole nitrogens is 1. The van der Waals surface area contributed by atoms with Crippen LogP contribution < -0.4 is 5.43 Å². The third kappa shape index (κ3) is 3.43. The molecule has 0 aliphatic carbocycles. The molecule has 2 aromatic carbocycles. The Morgan fingerprint density at radius 1 is 1.04 bits per heavy atom. The summed E-state index contributed by atoms with van der Waals surface area (Å²) in [5, 5.41) is 4.97. The molecule has 0 fully saturated rings. The van der Waals surface area contributed by atoms with Gasteiger partial charge in [0.25, 0.3) is 0 Å². The molecule has 0 aliphatic rings. The lowest BCUT2D eigenvalue weighted by atomic mass is 10.1. The van der Waals surface area contributed by atoms with Crippen molar-refractivity contribution < 1.29 is 0 Å². The van der Waals surface area contributed by atoms with Crippen LogP contribution in [0.15, 0.2) is 77.9 Å². The highest BCUT2D eigenvalue weighted by Crippen LogP contribution is 2.12. The monoisotopic (exact) mass is 344 g/mol. The second-order valence-electron chi connectivity index (χ2n) is 6.49. The van der Waals surface area contributed by atoms with Crippen LogP contribution in [0.1, 0.15) is 11.3 Å². The second-order valence-corrected chi connectivity index (χ2v) is 6.49. The zero-order valence-electron chi connectivity index (χ0n) is 14.6.